The van der Waals surface area contributed by atoms with Gasteiger partial charge in [-0.15, -0.1) is 0 Å². The smallest absolute Gasteiger partial charge is 0.274 e. The number of hydrogen-bond donors (Lipinski definition) is 0. The van der Waals surface area contributed by atoms with Crippen LogP contribution in [0, 0.1) is 0 Å². The van der Waals surface area contributed by atoms with Gasteiger partial charge in [0.25, 0.3) is 5.91 Å². The van der Waals surface area contributed by atoms with Crippen molar-refractivity contribution < 1.29 is 23.8 Å². The van der Waals surface area contributed by atoms with E-state index >= 15 is 0 Å². The minimum absolute atomic E-state index is 0.0113. The fourth-order valence-corrected chi connectivity index (χ4v) is 4.15. The number of nitrogens with zero attached hydrogens (tertiary/aromatic N) is 4. The van der Waals surface area contributed by atoms with Crippen LogP contribution in [0.5, 0.6) is 0 Å². The maximum absolute atomic E-state index is 12.9. The van der Waals surface area contributed by atoms with Crippen LogP contribution in [0.2, 0.25) is 0 Å². The molecular weight excluding hydrogens is 376 g/mol. The maximum atomic E-state index is 12.9. The molecule has 0 N–H and O–H groups in total. The molecule has 1 unspecified atom stereocenters. The second kappa shape index (κ2) is 9.15. The summed E-state index contributed by atoms with van der Waals surface area (Å²) < 4.78 is 17.1. The Morgan fingerprint density at radius 2 is 1.97 bits per heavy atom. The van der Waals surface area contributed by atoms with Crippen LogP contribution in [0.1, 0.15) is 42.6 Å². The zero-order valence-electron chi connectivity index (χ0n) is 16.6. The molecule has 4 heterocycles. The molecule has 1 aromatic heterocycles. The highest BCUT2D eigenvalue weighted by Crippen LogP contribution is 2.31. The number of likely N-dealkylation sites (tertiary alicyclic amines) is 1. The molecule has 9 heteroatoms. The van der Waals surface area contributed by atoms with Gasteiger partial charge >= 0.3 is 0 Å². The summed E-state index contributed by atoms with van der Waals surface area (Å²) >= 11 is 0. The van der Waals surface area contributed by atoms with Crippen molar-refractivity contribution in [3.8, 4) is 0 Å². The number of rotatable bonds is 6. The Labute approximate surface area is 170 Å². The molecule has 0 saturated carbocycles. The average Bonchev–Trinajstić information content (AvgIpc) is 3.44. The molecule has 0 radical (unpaired) electrons. The van der Waals surface area contributed by atoms with E-state index in [2.05, 4.69) is 9.97 Å². The fourth-order valence-electron chi connectivity index (χ4n) is 4.15. The number of aromatic nitrogens is 2. The van der Waals surface area contributed by atoms with E-state index in [4.69, 9.17) is 14.2 Å². The van der Waals surface area contributed by atoms with Crippen LogP contribution >= 0.6 is 0 Å². The topological polar surface area (TPSA) is 94.1 Å². The third-order valence-electron chi connectivity index (χ3n) is 5.80. The summed E-state index contributed by atoms with van der Waals surface area (Å²) in [6.07, 6.45) is 8.07. The number of ether oxygens (including phenoxy) is 3. The Hall–Kier alpha value is -2.10. The molecule has 29 heavy (non-hydrogen) atoms. The van der Waals surface area contributed by atoms with E-state index in [1.54, 1.807) is 4.90 Å². The van der Waals surface area contributed by atoms with Crippen LogP contribution in [-0.4, -0.2) is 89.5 Å². The molecule has 1 aromatic rings. The molecule has 9 nitrogen and oxygen atoms in total. The van der Waals surface area contributed by atoms with Gasteiger partial charge in [0, 0.05) is 64.4 Å². The second-order valence-electron chi connectivity index (χ2n) is 7.72. The Bertz CT molecular complexity index is 694. The summed E-state index contributed by atoms with van der Waals surface area (Å²) in [7, 11) is 0. The van der Waals surface area contributed by atoms with E-state index < -0.39 is 5.79 Å². The predicted octanol–water partition coefficient (Wildman–Crippen LogP) is 0.853. The van der Waals surface area contributed by atoms with Gasteiger partial charge < -0.3 is 24.0 Å². The molecule has 3 fully saturated rings. The maximum Gasteiger partial charge on any atom is 0.274 e. The monoisotopic (exact) mass is 404 g/mol. The zero-order chi connectivity index (χ0) is 20.1. The lowest BCUT2D eigenvalue weighted by Gasteiger charge is -2.37. The molecule has 2 amide bonds. The highest BCUT2D eigenvalue weighted by Gasteiger charge is 2.40. The van der Waals surface area contributed by atoms with Crippen LogP contribution in [0.25, 0.3) is 0 Å². The first-order valence-corrected chi connectivity index (χ1v) is 10.4. The van der Waals surface area contributed by atoms with Crippen molar-refractivity contribution in [1.29, 1.82) is 0 Å². The first kappa shape index (κ1) is 20.2. The quantitative estimate of drug-likeness (QED) is 0.694. The molecule has 0 aliphatic carbocycles. The van der Waals surface area contributed by atoms with E-state index in [0.29, 0.717) is 52.2 Å². The van der Waals surface area contributed by atoms with Gasteiger partial charge in [-0.05, 0) is 12.8 Å². The Kier molecular flexibility index (Phi) is 6.37. The summed E-state index contributed by atoms with van der Waals surface area (Å²) in [5, 5.41) is 0. The van der Waals surface area contributed by atoms with Gasteiger partial charge in [-0.3, -0.25) is 14.6 Å². The van der Waals surface area contributed by atoms with Gasteiger partial charge in [0.15, 0.2) is 5.79 Å². The van der Waals surface area contributed by atoms with Crippen molar-refractivity contribution in [2.75, 3.05) is 46.0 Å². The number of carbonyl (C=O) groups excluding carboxylic acids is 2. The normalized spacial score (nSPS) is 23.4. The summed E-state index contributed by atoms with van der Waals surface area (Å²) in [6.45, 7) is 3.99. The third kappa shape index (κ3) is 4.91. The summed E-state index contributed by atoms with van der Waals surface area (Å²) in [5.41, 5.74) is 0.286. The SMILES string of the molecule is O=C(CCN(CC1CCCO1)C(=O)c1cnccn1)N1CCC2(CC1)OCCO2. The van der Waals surface area contributed by atoms with Crippen molar-refractivity contribution in [1.82, 2.24) is 19.8 Å². The Morgan fingerprint density at radius 1 is 1.17 bits per heavy atom. The average molecular weight is 404 g/mol. The Balaban J connectivity index is 1.33. The number of carbonyl (C=O) groups is 2. The standard InChI is InChI=1S/C20H28N4O5/c25-18(23-9-4-20(5-10-23)28-12-13-29-20)3-8-24(15-16-2-1-11-27-16)19(26)17-14-21-6-7-22-17/h6-7,14,16H,1-5,8-13,15H2. The highest BCUT2D eigenvalue weighted by atomic mass is 16.7. The highest BCUT2D eigenvalue weighted by molar-refractivity contribution is 5.92. The van der Waals surface area contributed by atoms with Gasteiger partial charge in [0.1, 0.15) is 5.69 Å². The lowest BCUT2D eigenvalue weighted by Crippen LogP contribution is -2.48. The minimum atomic E-state index is -0.495. The molecular formula is C20H28N4O5. The van der Waals surface area contributed by atoms with Crippen molar-refractivity contribution in [2.24, 2.45) is 0 Å². The van der Waals surface area contributed by atoms with E-state index in [9.17, 15) is 9.59 Å². The first-order chi connectivity index (χ1) is 14.2. The summed E-state index contributed by atoms with van der Waals surface area (Å²) in [6, 6.07) is 0. The first-order valence-electron chi connectivity index (χ1n) is 10.4. The van der Waals surface area contributed by atoms with Crippen molar-refractivity contribution >= 4 is 11.8 Å². The van der Waals surface area contributed by atoms with Crippen LogP contribution < -0.4 is 0 Å². The van der Waals surface area contributed by atoms with E-state index in [1.807, 2.05) is 4.90 Å². The number of piperidine rings is 1. The molecule has 0 aromatic carbocycles. The van der Waals surface area contributed by atoms with E-state index in [0.717, 1.165) is 19.4 Å². The van der Waals surface area contributed by atoms with Gasteiger partial charge in [0.2, 0.25) is 5.91 Å². The van der Waals surface area contributed by atoms with E-state index in [-0.39, 0.29) is 30.0 Å². The van der Waals surface area contributed by atoms with Crippen molar-refractivity contribution in [3.63, 3.8) is 0 Å². The molecule has 1 spiro atoms. The number of amides is 2. The second-order valence-corrected chi connectivity index (χ2v) is 7.72. The number of hydrogen-bond acceptors (Lipinski definition) is 7. The zero-order valence-corrected chi connectivity index (χ0v) is 16.6. The molecule has 3 saturated heterocycles. The lowest BCUT2D eigenvalue weighted by molar-refractivity contribution is -0.187. The molecule has 1 atom stereocenters. The van der Waals surface area contributed by atoms with Crippen molar-refractivity contribution in [3.05, 3.63) is 24.3 Å². The molecule has 0 bridgehead atoms. The summed E-state index contributed by atoms with van der Waals surface area (Å²) in [4.78, 5) is 37.3. The molecule has 3 aliphatic heterocycles. The van der Waals surface area contributed by atoms with Crippen LogP contribution in [0.15, 0.2) is 18.6 Å². The molecule has 4 rings (SSSR count). The third-order valence-corrected chi connectivity index (χ3v) is 5.80. The van der Waals surface area contributed by atoms with Crippen LogP contribution in [0.3, 0.4) is 0 Å². The molecule has 3 aliphatic rings. The van der Waals surface area contributed by atoms with Crippen molar-refractivity contribution in [2.45, 2.75) is 44.0 Å². The summed E-state index contributed by atoms with van der Waals surface area (Å²) in [5.74, 6) is -0.668. The molecule has 158 valence electrons. The van der Waals surface area contributed by atoms with Gasteiger partial charge in [-0.2, -0.15) is 0 Å². The van der Waals surface area contributed by atoms with Crippen LogP contribution in [0.4, 0.5) is 0 Å². The van der Waals surface area contributed by atoms with E-state index in [1.165, 1.54) is 18.6 Å². The minimum Gasteiger partial charge on any atom is -0.376 e. The van der Waals surface area contributed by atoms with Gasteiger partial charge in [0.05, 0.1) is 25.5 Å². The van der Waals surface area contributed by atoms with Gasteiger partial charge in [-0.1, -0.05) is 0 Å². The predicted molar refractivity (Wildman–Crippen MR) is 102 cm³/mol. The van der Waals surface area contributed by atoms with Gasteiger partial charge in [-0.25, -0.2) is 4.98 Å². The Morgan fingerprint density at radius 3 is 2.62 bits per heavy atom. The van der Waals surface area contributed by atoms with Crippen LogP contribution in [-0.2, 0) is 19.0 Å². The fraction of sp³-hybridized carbons (Fsp3) is 0.700. The lowest BCUT2D eigenvalue weighted by atomic mass is 10.0. The largest absolute Gasteiger partial charge is 0.376 e.